The number of furan rings is 1. The number of aromatic nitrogens is 2. The van der Waals surface area contributed by atoms with Gasteiger partial charge in [-0.15, -0.1) is 0 Å². The van der Waals surface area contributed by atoms with Gasteiger partial charge >= 0.3 is 0 Å². The van der Waals surface area contributed by atoms with Crippen LogP contribution in [0.15, 0.2) is 40.9 Å². The molecule has 0 radical (unpaired) electrons. The molecule has 2 aromatic heterocycles. The SMILES string of the molecule is Nc1ncc(F)c(-c2cc3ccccc3o2)n1. The van der Waals surface area contributed by atoms with Crippen molar-refractivity contribution in [2.45, 2.75) is 0 Å². The van der Waals surface area contributed by atoms with Crippen LogP contribution in [0.1, 0.15) is 0 Å². The van der Waals surface area contributed by atoms with Gasteiger partial charge in [-0.3, -0.25) is 0 Å². The monoisotopic (exact) mass is 229 g/mol. The Labute approximate surface area is 95.9 Å². The third-order valence-electron chi connectivity index (χ3n) is 2.42. The molecule has 3 rings (SSSR count). The van der Waals surface area contributed by atoms with Gasteiger partial charge < -0.3 is 10.2 Å². The molecule has 0 spiro atoms. The van der Waals surface area contributed by atoms with Gasteiger partial charge in [-0.05, 0) is 12.1 Å². The Morgan fingerprint density at radius 3 is 2.88 bits per heavy atom. The van der Waals surface area contributed by atoms with Gasteiger partial charge in [0.05, 0.1) is 6.20 Å². The standard InChI is InChI=1S/C12H8FN3O/c13-8-6-15-12(14)16-11(8)10-5-7-3-1-2-4-9(7)17-10/h1-6H,(H2,14,15,16). The van der Waals surface area contributed by atoms with Crippen molar-refractivity contribution in [3.8, 4) is 11.5 Å². The zero-order valence-corrected chi connectivity index (χ0v) is 8.72. The van der Waals surface area contributed by atoms with Gasteiger partial charge in [-0.25, -0.2) is 14.4 Å². The van der Waals surface area contributed by atoms with E-state index in [-0.39, 0.29) is 11.6 Å². The first kappa shape index (κ1) is 9.77. The number of halogens is 1. The largest absolute Gasteiger partial charge is 0.454 e. The van der Waals surface area contributed by atoms with Crippen molar-refractivity contribution >= 4 is 16.9 Å². The van der Waals surface area contributed by atoms with Crippen LogP contribution in [0.4, 0.5) is 10.3 Å². The second-order valence-electron chi connectivity index (χ2n) is 3.57. The van der Waals surface area contributed by atoms with E-state index < -0.39 is 5.82 Å². The smallest absolute Gasteiger partial charge is 0.220 e. The Hall–Kier alpha value is -2.43. The number of hydrogen-bond acceptors (Lipinski definition) is 4. The first-order valence-electron chi connectivity index (χ1n) is 5.01. The first-order chi connectivity index (χ1) is 8.24. The van der Waals surface area contributed by atoms with Crippen LogP contribution in [-0.2, 0) is 0 Å². The quantitative estimate of drug-likeness (QED) is 0.696. The zero-order chi connectivity index (χ0) is 11.8. The Bertz CT molecular complexity index is 660. The van der Waals surface area contributed by atoms with E-state index in [1.54, 1.807) is 12.1 Å². The fourth-order valence-electron chi connectivity index (χ4n) is 1.65. The molecule has 0 atom stereocenters. The molecule has 17 heavy (non-hydrogen) atoms. The van der Waals surface area contributed by atoms with E-state index in [0.717, 1.165) is 11.6 Å². The minimum Gasteiger partial charge on any atom is -0.454 e. The lowest BCUT2D eigenvalue weighted by molar-refractivity contribution is 0.590. The second kappa shape index (κ2) is 3.55. The van der Waals surface area contributed by atoms with Crippen LogP contribution < -0.4 is 5.73 Å². The van der Waals surface area contributed by atoms with E-state index in [9.17, 15) is 4.39 Å². The molecule has 5 heteroatoms. The zero-order valence-electron chi connectivity index (χ0n) is 8.72. The summed E-state index contributed by atoms with van der Waals surface area (Å²) in [4.78, 5) is 7.40. The molecule has 0 amide bonds. The Morgan fingerprint density at radius 2 is 2.06 bits per heavy atom. The van der Waals surface area contributed by atoms with Crippen molar-refractivity contribution in [2.24, 2.45) is 0 Å². The average Bonchev–Trinajstić information content (AvgIpc) is 2.75. The highest BCUT2D eigenvalue weighted by Crippen LogP contribution is 2.27. The van der Waals surface area contributed by atoms with E-state index in [1.807, 2.05) is 18.2 Å². The van der Waals surface area contributed by atoms with Crippen molar-refractivity contribution in [2.75, 3.05) is 5.73 Å². The van der Waals surface area contributed by atoms with Crippen LogP contribution in [0.5, 0.6) is 0 Å². The van der Waals surface area contributed by atoms with Crippen LogP contribution in [0, 0.1) is 5.82 Å². The number of para-hydroxylation sites is 1. The number of nitrogen functional groups attached to an aromatic ring is 1. The molecular formula is C12H8FN3O. The lowest BCUT2D eigenvalue weighted by Gasteiger charge is -1.98. The molecule has 0 fully saturated rings. The predicted molar refractivity (Wildman–Crippen MR) is 61.6 cm³/mol. The molecule has 2 heterocycles. The number of hydrogen-bond donors (Lipinski definition) is 1. The topological polar surface area (TPSA) is 64.9 Å². The highest BCUT2D eigenvalue weighted by Gasteiger charge is 2.13. The lowest BCUT2D eigenvalue weighted by atomic mass is 10.2. The van der Waals surface area contributed by atoms with Crippen molar-refractivity contribution < 1.29 is 8.81 Å². The van der Waals surface area contributed by atoms with Crippen LogP contribution in [-0.4, -0.2) is 9.97 Å². The Balaban J connectivity index is 2.23. The highest BCUT2D eigenvalue weighted by molar-refractivity contribution is 5.82. The summed E-state index contributed by atoms with van der Waals surface area (Å²) in [5.74, 6) is -0.196. The molecule has 1 aromatic carbocycles. The maximum absolute atomic E-state index is 13.5. The summed E-state index contributed by atoms with van der Waals surface area (Å²) < 4.78 is 19.0. The van der Waals surface area contributed by atoms with E-state index in [0.29, 0.717) is 11.3 Å². The molecule has 3 aromatic rings. The molecule has 0 aliphatic carbocycles. The number of anilines is 1. The van der Waals surface area contributed by atoms with E-state index in [2.05, 4.69) is 9.97 Å². The summed E-state index contributed by atoms with van der Waals surface area (Å²) in [5, 5.41) is 0.888. The van der Waals surface area contributed by atoms with Crippen LogP contribution in [0.25, 0.3) is 22.4 Å². The third-order valence-corrected chi connectivity index (χ3v) is 2.42. The van der Waals surface area contributed by atoms with Gasteiger partial charge in [-0.2, -0.15) is 0 Å². The summed E-state index contributed by atoms with van der Waals surface area (Å²) in [6.07, 6.45) is 1.03. The normalized spacial score (nSPS) is 10.9. The van der Waals surface area contributed by atoms with Crippen molar-refractivity contribution in [3.63, 3.8) is 0 Å². The molecule has 0 bridgehead atoms. The Kier molecular flexibility index (Phi) is 2.04. The van der Waals surface area contributed by atoms with Gasteiger partial charge in [0.25, 0.3) is 0 Å². The Morgan fingerprint density at radius 1 is 1.24 bits per heavy atom. The minimum absolute atomic E-state index is 0.0156. The number of benzene rings is 1. The first-order valence-corrected chi connectivity index (χ1v) is 5.01. The van der Waals surface area contributed by atoms with Gasteiger partial charge in [0.15, 0.2) is 11.6 Å². The van der Waals surface area contributed by atoms with E-state index >= 15 is 0 Å². The summed E-state index contributed by atoms with van der Waals surface area (Å²) in [6.45, 7) is 0. The summed E-state index contributed by atoms with van der Waals surface area (Å²) in [5.41, 5.74) is 6.19. The number of rotatable bonds is 1. The number of nitrogens with zero attached hydrogens (tertiary/aromatic N) is 2. The van der Waals surface area contributed by atoms with Crippen molar-refractivity contribution in [1.82, 2.24) is 9.97 Å². The molecule has 0 aliphatic heterocycles. The maximum atomic E-state index is 13.5. The highest BCUT2D eigenvalue weighted by atomic mass is 19.1. The van der Waals surface area contributed by atoms with E-state index in [1.165, 1.54) is 0 Å². The van der Waals surface area contributed by atoms with Gasteiger partial charge in [0.1, 0.15) is 11.3 Å². The molecule has 0 saturated heterocycles. The van der Waals surface area contributed by atoms with Crippen molar-refractivity contribution in [3.05, 3.63) is 42.3 Å². The van der Waals surface area contributed by atoms with Gasteiger partial charge in [0.2, 0.25) is 5.95 Å². The fraction of sp³-hybridized carbons (Fsp3) is 0. The number of nitrogens with two attached hydrogens (primary N) is 1. The molecular weight excluding hydrogens is 221 g/mol. The maximum Gasteiger partial charge on any atom is 0.220 e. The predicted octanol–water partition coefficient (Wildman–Crippen LogP) is 2.61. The summed E-state index contributed by atoms with van der Waals surface area (Å²) in [7, 11) is 0. The lowest BCUT2D eigenvalue weighted by Crippen LogP contribution is -1.98. The van der Waals surface area contributed by atoms with Gasteiger partial charge in [-0.1, -0.05) is 18.2 Å². The van der Waals surface area contributed by atoms with E-state index in [4.69, 9.17) is 10.2 Å². The molecule has 84 valence electrons. The minimum atomic E-state index is -0.557. The molecule has 0 unspecified atom stereocenters. The number of fused-ring (bicyclic) bond motifs is 1. The van der Waals surface area contributed by atoms with Crippen molar-refractivity contribution in [1.29, 1.82) is 0 Å². The summed E-state index contributed by atoms with van der Waals surface area (Å²) in [6, 6.07) is 9.14. The molecule has 0 saturated carbocycles. The van der Waals surface area contributed by atoms with Crippen LogP contribution in [0.3, 0.4) is 0 Å². The molecule has 4 nitrogen and oxygen atoms in total. The summed E-state index contributed by atoms with van der Waals surface area (Å²) >= 11 is 0. The van der Waals surface area contributed by atoms with Crippen LogP contribution in [0.2, 0.25) is 0 Å². The second-order valence-corrected chi connectivity index (χ2v) is 3.57. The molecule has 0 aliphatic rings. The van der Waals surface area contributed by atoms with Gasteiger partial charge in [0, 0.05) is 5.39 Å². The average molecular weight is 229 g/mol. The third kappa shape index (κ3) is 1.61. The molecule has 2 N–H and O–H groups in total. The fourth-order valence-corrected chi connectivity index (χ4v) is 1.65. The van der Waals surface area contributed by atoms with Crippen LogP contribution >= 0.6 is 0 Å².